The quantitative estimate of drug-likeness (QED) is 0.530. The molecule has 1 fully saturated rings. The second-order valence-electron chi connectivity index (χ2n) is 7.43. The Kier molecular flexibility index (Phi) is 5.16. The van der Waals surface area contributed by atoms with E-state index in [-0.39, 0.29) is 23.8 Å². The molecule has 3 heterocycles. The average molecular weight is 432 g/mol. The number of para-hydroxylation sites is 3. The molecule has 5 rings (SSSR count). The number of fused-ring (bicyclic) bond motifs is 2. The highest BCUT2D eigenvalue weighted by atomic mass is 16.5. The molecule has 2 amide bonds. The van der Waals surface area contributed by atoms with Crippen molar-refractivity contribution in [2.24, 2.45) is 0 Å². The fourth-order valence-corrected chi connectivity index (χ4v) is 3.83. The standard InChI is InChI=1S/C23H20N4O5/c28-19(14-27-17-7-3-2-6-16(17)24-13-20(27)29)25-21-15-5-1-4-8-18(15)32-22(21)23(30)26-9-11-31-12-10-26/h1-8,13H,9-12,14H2,(H,25,28). The molecule has 1 aliphatic rings. The lowest BCUT2D eigenvalue weighted by molar-refractivity contribution is -0.116. The Hall–Kier alpha value is -3.98. The van der Waals surface area contributed by atoms with E-state index in [2.05, 4.69) is 10.3 Å². The molecular weight excluding hydrogens is 412 g/mol. The van der Waals surface area contributed by atoms with Crippen molar-refractivity contribution in [3.8, 4) is 0 Å². The first kappa shape index (κ1) is 20.0. The number of aromatic nitrogens is 2. The van der Waals surface area contributed by atoms with Crippen molar-refractivity contribution in [1.29, 1.82) is 0 Å². The number of nitrogens with one attached hydrogen (secondary N) is 1. The summed E-state index contributed by atoms with van der Waals surface area (Å²) in [5.74, 6) is -0.703. The summed E-state index contributed by atoms with van der Waals surface area (Å²) in [6.07, 6.45) is 1.19. The molecule has 0 unspecified atom stereocenters. The summed E-state index contributed by atoms with van der Waals surface area (Å²) in [6.45, 7) is 1.56. The van der Waals surface area contributed by atoms with Crippen LogP contribution in [0.4, 0.5) is 5.69 Å². The zero-order valence-electron chi connectivity index (χ0n) is 17.1. The predicted octanol–water partition coefficient (Wildman–Crippen LogP) is 2.25. The van der Waals surface area contributed by atoms with Crippen LogP contribution in [-0.4, -0.2) is 52.6 Å². The highest BCUT2D eigenvalue weighted by Gasteiger charge is 2.27. The number of anilines is 1. The van der Waals surface area contributed by atoms with Gasteiger partial charge in [0.2, 0.25) is 11.7 Å². The van der Waals surface area contributed by atoms with Gasteiger partial charge in [-0.2, -0.15) is 0 Å². The van der Waals surface area contributed by atoms with Gasteiger partial charge in [0.15, 0.2) is 0 Å². The number of carbonyl (C=O) groups excluding carboxylic acids is 2. The van der Waals surface area contributed by atoms with Crippen molar-refractivity contribution in [3.63, 3.8) is 0 Å². The van der Waals surface area contributed by atoms with Gasteiger partial charge in [-0.25, -0.2) is 4.98 Å². The number of rotatable bonds is 4. The van der Waals surface area contributed by atoms with Crippen molar-refractivity contribution < 1.29 is 18.7 Å². The first-order valence-electron chi connectivity index (χ1n) is 10.2. The maximum absolute atomic E-state index is 13.1. The van der Waals surface area contributed by atoms with E-state index in [4.69, 9.17) is 9.15 Å². The third kappa shape index (κ3) is 3.63. The predicted molar refractivity (Wildman–Crippen MR) is 118 cm³/mol. The topological polar surface area (TPSA) is 107 Å². The van der Waals surface area contributed by atoms with Gasteiger partial charge >= 0.3 is 0 Å². The molecule has 0 atom stereocenters. The Morgan fingerprint density at radius 1 is 1.03 bits per heavy atom. The van der Waals surface area contributed by atoms with Gasteiger partial charge in [-0.1, -0.05) is 24.3 Å². The fraction of sp³-hybridized carbons (Fsp3) is 0.217. The molecule has 0 spiro atoms. The normalized spacial score (nSPS) is 14.1. The van der Waals surface area contributed by atoms with Gasteiger partial charge in [0.25, 0.3) is 11.5 Å². The lowest BCUT2D eigenvalue weighted by Crippen LogP contribution is -2.40. The van der Waals surface area contributed by atoms with Gasteiger partial charge in [0.1, 0.15) is 17.8 Å². The highest BCUT2D eigenvalue weighted by Crippen LogP contribution is 2.32. The molecule has 2 aromatic heterocycles. The van der Waals surface area contributed by atoms with E-state index in [1.165, 1.54) is 10.8 Å². The van der Waals surface area contributed by atoms with Crippen LogP contribution in [0.25, 0.3) is 22.0 Å². The molecule has 0 saturated carbocycles. The zero-order valence-corrected chi connectivity index (χ0v) is 17.1. The molecule has 1 saturated heterocycles. The van der Waals surface area contributed by atoms with Crippen molar-refractivity contribution in [1.82, 2.24) is 14.5 Å². The van der Waals surface area contributed by atoms with E-state index >= 15 is 0 Å². The molecule has 162 valence electrons. The smallest absolute Gasteiger partial charge is 0.291 e. The monoisotopic (exact) mass is 432 g/mol. The lowest BCUT2D eigenvalue weighted by atomic mass is 10.2. The van der Waals surface area contributed by atoms with Gasteiger partial charge < -0.3 is 19.4 Å². The van der Waals surface area contributed by atoms with Gasteiger partial charge in [0.05, 0.1) is 30.4 Å². The van der Waals surface area contributed by atoms with Crippen LogP contribution in [0.15, 0.2) is 63.9 Å². The molecular formula is C23H20N4O5. The van der Waals surface area contributed by atoms with Gasteiger partial charge in [-0.3, -0.25) is 19.0 Å². The summed E-state index contributed by atoms with van der Waals surface area (Å²) in [4.78, 5) is 44.3. The van der Waals surface area contributed by atoms with Crippen molar-refractivity contribution in [2.75, 3.05) is 31.6 Å². The molecule has 0 aliphatic carbocycles. The zero-order chi connectivity index (χ0) is 22.1. The Bertz CT molecular complexity index is 1380. The van der Waals surface area contributed by atoms with Crippen LogP contribution in [0.2, 0.25) is 0 Å². The Morgan fingerprint density at radius 2 is 1.78 bits per heavy atom. The van der Waals surface area contributed by atoms with Crippen LogP contribution in [0, 0.1) is 0 Å². The number of hydrogen-bond acceptors (Lipinski definition) is 6. The molecule has 1 aliphatic heterocycles. The van der Waals surface area contributed by atoms with Gasteiger partial charge in [0, 0.05) is 18.5 Å². The minimum absolute atomic E-state index is 0.0633. The summed E-state index contributed by atoms with van der Waals surface area (Å²) in [5, 5.41) is 3.42. The SMILES string of the molecule is O=C(Cn1c(=O)cnc2ccccc21)Nc1c(C(=O)N2CCOCC2)oc2ccccc12. The molecule has 32 heavy (non-hydrogen) atoms. The van der Waals surface area contributed by atoms with Gasteiger partial charge in [-0.05, 0) is 24.3 Å². The molecule has 9 heteroatoms. The number of furan rings is 1. The summed E-state index contributed by atoms with van der Waals surface area (Å²) < 4.78 is 12.5. The largest absolute Gasteiger partial charge is 0.449 e. The first-order valence-corrected chi connectivity index (χ1v) is 10.2. The molecule has 0 radical (unpaired) electrons. The number of amides is 2. The number of ether oxygens (including phenoxy) is 1. The van der Waals surface area contributed by atoms with Gasteiger partial charge in [-0.15, -0.1) is 0 Å². The van der Waals surface area contributed by atoms with E-state index in [1.807, 2.05) is 6.07 Å². The average Bonchev–Trinajstić information content (AvgIpc) is 3.19. The van der Waals surface area contributed by atoms with Crippen LogP contribution < -0.4 is 10.9 Å². The van der Waals surface area contributed by atoms with Crippen LogP contribution in [0.5, 0.6) is 0 Å². The number of hydrogen-bond donors (Lipinski definition) is 1. The lowest BCUT2D eigenvalue weighted by Gasteiger charge is -2.26. The van der Waals surface area contributed by atoms with Crippen LogP contribution in [0.3, 0.4) is 0 Å². The fourth-order valence-electron chi connectivity index (χ4n) is 3.83. The number of nitrogens with zero attached hydrogens (tertiary/aromatic N) is 3. The minimum Gasteiger partial charge on any atom is -0.449 e. The molecule has 2 aromatic carbocycles. The molecule has 4 aromatic rings. The maximum atomic E-state index is 13.1. The van der Waals surface area contributed by atoms with Crippen LogP contribution >= 0.6 is 0 Å². The maximum Gasteiger partial charge on any atom is 0.291 e. The van der Waals surface area contributed by atoms with E-state index in [0.717, 1.165) is 0 Å². The van der Waals surface area contributed by atoms with Crippen molar-refractivity contribution in [2.45, 2.75) is 6.54 Å². The minimum atomic E-state index is -0.453. The number of morpholine rings is 1. The van der Waals surface area contributed by atoms with Crippen LogP contribution in [0.1, 0.15) is 10.6 Å². The Labute approximate surface area is 182 Å². The Balaban J connectivity index is 1.49. The second kappa shape index (κ2) is 8.27. The van der Waals surface area contributed by atoms with E-state index in [0.29, 0.717) is 54.0 Å². The summed E-state index contributed by atoms with van der Waals surface area (Å²) in [5.41, 5.74) is 1.56. The first-order chi connectivity index (χ1) is 15.6. The Morgan fingerprint density at radius 3 is 2.62 bits per heavy atom. The third-order valence-electron chi connectivity index (χ3n) is 5.41. The van der Waals surface area contributed by atoms with E-state index in [9.17, 15) is 14.4 Å². The van der Waals surface area contributed by atoms with Crippen molar-refractivity contribution in [3.05, 3.63) is 70.8 Å². The molecule has 1 N–H and O–H groups in total. The summed E-state index contributed by atoms with van der Waals surface area (Å²) in [6, 6.07) is 14.2. The van der Waals surface area contributed by atoms with E-state index < -0.39 is 5.91 Å². The summed E-state index contributed by atoms with van der Waals surface area (Å²) in [7, 11) is 0. The number of carbonyl (C=O) groups is 2. The van der Waals surface area contributed by atoms with Crippen molar-refractivity contribution >= 4 is 39.5 Å². The summed E-state index contributed by atoms with van der Waals surface area (Å²) >= 11 is 0. The van der Waals surface area contributed by atoms with E-state index in [1.54, 1.807) is 47.4 Å². The van der Waals surface area contributed by atoms with Crippen LogP contribution in [-0.2, 0) is 16.1 Å². The molecule has 9 nitrogen and oxygen atoms in total. The third-order valence-corrected chi connectivity index (χ3v) is 5.41. The molecule has 0 bridgehead atoms. The highest BCUT2D eigenvalue weighted by molar-refractivity contribution is 6.10. The number of benzene rings is 2. The second-order valence-corrected chi connectivity index (χ2v) is 7.43.